The molecule has 0 aliphatic heterocycles. The Labute approximate surface area is 131 Å². The van der Waals surface area contributed by atoms with Gasteiger partial charge in [0, 0.05) is 30.5 Å². The molecule has 1 aromatic heterocycles. The Morgan fingerprint density at radius 3 is 2.43 bits per heavy atom. The van der Waals surface area contributed by atoms with Crippen LogP contribution in [0.25, 0.3) is 0 Å². The van der Waals surface area contributed by atoms with Gasteiger partial charge in [0.2, 0.25) is 0 Å². The molecule has 0 aliphatic rings. The number of aliphatic hydroxyl groups is 1. The average Bonchev–Trinajstić information content (AvgIpc) is 2.52. The summed E-state index contributed by atoms with van der Waals surface area (Å²) in [4.78, 5) is 6.25. The van der Waals surface area contributed by atoms with Gasteiger partial charge < -0.3 is 10.0 Å². The lowest BCUT2D eigenvalue weighted by Gasteiger charge is -2.19. The minimum absolute atomic E-state index is 0.439. The van der Waals surface area contributed by atoms with Gasteiger partial charge in [0.1, 0.15) is 0 Å². The van der Waals surface area contributed by atoms with Gasteiger partial charge in [-0.2, -0.15) is 0 Å². The number of hydrogen-bond donors (Lipinski definition) is 1. The smallest absolute Gasteiger partial charge is 0.0802 e. The third kappa shape index (κ3) is 5.46. The van der Waals surface area contributed by atoms with Crippen LogP contribution in [0, 0.1) is 0 Å². The maximum absolute atomic E-state index is 10.2. The predicted octanol–water partition coefficient (Wildman–Crippen LogP) is 3.33. The Kier molecular flexibility index (Phi) is 6.18. The van der Waals surface area contributed by atoms with Gasteiger partial charge >= 0.3 is 0 Å². The Hall–Kier alpha value is -1.42. The minimum atomic E-state index is -0.439. The van der Waals surface area contributed by atoms with Crippen LogP contribution in [0.3, 0.4) is 0 Å². The van der Waals surface area contributed by atoms with Gasteiger partial charge in [0.15, 0.2) is 0 Å². The molecule has 0 saturated carbocycles. The van der Waals surface area contributed by atoms with Crippen molar-refractivity contribution in [2.24, 2.45) is 0 Å². The first kappa shape index (κ1) is 16.0. The standard InChI is InChI=1S/C17H21ClN2O/c1-20(12-8-14-6-10-19-11-7-14)13-9-17(21)15-2-4-16(18)5-3-15/h2-7,10-11,17,21H,8-9,12-13H2,1H3. The number of halogens is 1. The van der Waals surface area contributed by atoms with E-state index in [0.29, 0.717) is 11.4 Å². The van der Waals surface area contributed by atoms with E-state index in [0.717, 1.165) is 25.1 Å². The fourth-order valence-corrected chi connectivity index (χ4v) is 2.30. The Morgan fingerprint density at radius 1 is 1.10 bits per heavy atom. The molecule has 1 atom stereocenters. The monoisotopic (exact) mass is 304 g/mol. The van der Waals surface area contributed by atoms with E-state index < -0.39 is 6.10 Å². The molecule has 2 rings (SSSR count). The normalized spacial score (nSPS) is 12.6. The van der Waals surface area contributed by atoms with Crippen LogP contribution in [0.15, 0.2) is 48.8 Å². The van der Waals surface area contributed by atoms with Crippen LogP contribution in [-0.2, 0) is 6.42 Å². The van der Waals surface area contributed by atoms with Crippen molar-refractivity contribution in [1.82, 2.24) is 9.88 Å². The van der Waals surface area contributed by atoms with Crippen molar-refractivity contribution in [3.8, 4) is 0 Å². The molecule has 0 bridgehead atoms. The molecule has 1 heterocycles. The van der Waals surface area contributed by atoms with Crippen LogP contribution in [0.1, 0.15) is 23.7 Å². The number of aliphatic hydroxyl groups excluding tert-OH is 1. The maximum Gasteiger partial charge on any atom is 0.0802 e. The van der Waals surface area contributed by atoms with Gasteiger partial charge in [-0.05, 0) is 55.3 Å². The van der Waals surface area contributed by atoms with Gasteiger partial charge in [-0.15, -0.1) is 0 Å². The number of nitrogens with zero attached hydrogens (tertiary/aromatic N) is 2. The van der Waals surface area contributed by atoms with Gasteiger partial charge in [-0.1, -0.05) is 23.7 Å². The molecule has 1 unspecified atom stereocenters. The number of rotatable bonds is 7. The second-order valence-electron chi connectivity index (χ2n) is 5.26. The van der Waals surface area contributed by atoms with Crippen molar-refractivity contribution in [3.05, 3.63) is 64.9 Å². The largest absolute Gasteiger partial charge is 0.388 e. The summed E-state index contributed by atoms with van der Waals surface area (Å²) in [6, 6.07) is 11.5. The molecule has 0 fully saturated rings. The zero-order chi connectivity index (χ0) is 15.1. The Bertz CT molecular complexity index is 530. The molecule has 1 N–H and O–H groups in total. The van der Waals surface area contributed by atoms with Crippen molar-refractivity contribution in [3.63, 3.8) is 0 Å². The first-order chi connectivity index (χ1) is 10.1. The van der Waals surface area contributed by atoms with Crippen LogP contribution in [-0.4, -0.2) is 35.1 Å². The lowest BCUT2D eigenvalue weighted by Crippen LogP contribution is -2.23. The van der Waals surface area contributed by atoms with E-state index in [1.54, 1.807) is 0 Å². The molecular weight excluding hydrogens is 284 g/mol. The fraction of sp³-hybridized carbons (Fsp3) is 0.353. The van der Waals surface area contributed by atoms with Crippen molar-refractivity contribution >= 4 is 11.6 Å². The van der Waals surface area contributed by atoms with Crippen LogP contribution in [0.5, 0.6) is 0 Å². The molecule has 21 heavy (non-hydrogen) atoms. The van der Waals surface area contributed by atoms with Crippen molar-refractivity contribution in [1.29, 1.82) is 0 Å². The van der Waals surface area contributed by atoms with Crippen LogP contribution in [0.2, 0.25) is 5.02 Å². The van der Waals surface area contributed by atoms with E-state index in [4.69, 9.17) is 11.6 Å². The van der Waals surface area contributed by atoms with Gasteiger partial charge in [0.25, 0.3) is 0 Å². The summed E-state index contributed by atoms with van der Waals surface area (Å²) >= 11 is 5.85. The second kappa shape index (κ2) is 8.13. The highest BCUT2D eigenvalue weighted by atomic mass is 35.5. The third-order valence-electron chi connectivity index (χ3n) is 3.57. The summed E-state index contributed by atoms with van der Waals surface area (Å²) < 4.78 is 0. The molecule has 0 spiro atoms. The molecule has 1 aromatic carbocycles. The summed E-state index contributed by atoms with van der Waals surface area (Å²) in [5.41, 5.74) is 2.21. The van der Waals surface area contributed by atoms with Crippen LogP contribution < -0.4 is 0 Å². The van der Waals surface area contributed by atoms with Crippen LogP contribution in [0.4, 0.5) is 0 Å². The number of hydrogen-bond acceptors (Lipinski definition) is 3. The van der Waals surface area contributed by atoms with Gasteiger partial charge in [-0.3, -0.25) is 4.98 Å². The van der Waals surface area contributed by atoms with Gasteiger partial charge in [-0.25, -0.2) is 0 Å². The minimum Gasteiger partial charge on any atom is -0.388 e. The van der Waals surface area contributed by atoms with E-state index in [9.17, 15) is 5.11 Å². The topological polar surface area (TPSA) is 36.4 Å². The van der Waals surface area contributed by atoms with Crippen molar-refractivity contribution < 1.29 is 5.11 Å². The summed E-state index contributed by atoms with van der Waals surface area (Å²) in [5, 5.41) is 10.9. The van der Waals surface area contributed by atoms with E-state index >= 15 is 0 Å². The summed E-state index contributed by atoms with van der Waals surface area (Å²) in [6.45, 7) is 1.83. The first-order valence-corrected chi connectivity index (χ1v) is 7.54. The highest BCUT2D eigenvalue weighted by Gasteiger charge is 2.09. The molecule has 4 heteroatoms. The van der Waals surface area contributed by atoms with E-state index in [-0.39, 0.29) is 0 Å². The number of benzene rings is 1. The van der Waals surface area contributed by atoms with Crippen molar-refractivity contribution in [2.45, 2.75) is 18.9 Å². The van der Waals surface area contributed by atoms with E-state index in [2.05, 4.69) is 16.9 Å². The second-order valence-corrected chi connectivity index (χ2v) is 5.70. The average molecular weight is 305 g/mol. The summed E-state index contributed by atoms with van der Waals surface area (Å²) in [6.07, 6.45) is 4.91. The summed E-state index contributed by atoms with van der Waals surface area (Å²) in [7, 11) is 2.08. The SMILES string of the molecule is CN(CCc1ccncc1)CCC(O)c1ccc(Cl)cc1. The third-order valence-corrected chi connectivity index (χ3v) is 3.82. The van der Waals surface area contributed by atoms with E-state index in [1.807, 2.05) is 48.8 Å². The number of pyridine rings is 1. The van der Waals surface area contributed by atoms with Crippen LogP contribution >= 0.6 is 11.6 Å². The lowest BCUT2D eigenvalue weighted by atomic mass is 10.1. The summed E-state index contributed by atoms with van der Waals surface area (Å²) in [5.74, 6) is 0. The molecule has 2 aromatic rings. The van der Waals surface area contributed by atoms with E-state index in [1.165, 1.54) is 5.56 Å². The molecule has 0 saturated heterocycles. The predicted molar refractivity (Wildman–Crippen MR) is 86.5 cm³/mol. The number of likely N-dealkylation sites (N-methyl/N-ethyl adjacent to an activating group) is 1. The highest BCUT2D eigenvalue weighted by molar-refractivity contribution is 6.30. The quantitative estimate of drug-likeness (QED) is 0.852. The van der Waals surface area contributed by atoms with Gasteiger partial charge in [0.05, 0.1) is 6.10 Å². The molecule has 0 radical (unpaired) electrons. The molecule has 0 aliphatic carbocycles. The molecular formula is C17H21ClN2O. The first-order valence-electron chi connectivity index (χ1n) is 7.16. The maximum atomic E-state index is 10.2. The van der Waals surface area contributed by atoms with Crippen molar-refractivity contribution in [2.75, 3.05) is 20.1 Å². The number of aromatic nitrogens is 1. The molecule has 3 nitrogen and oxygen atoms in total. The Balaban J connectivity index is 1.73. The highest BCUT2D eigenvalue weighted by Crippen LogP contribution is 2.19. The lowest BCUT2D eigenvalue weighted by molar-refractivity contribution is 0.149. The zero-order valence-corrected chi connectivity index (χ0v) is 13.0. The fourth-order valence-electron chi connectivity index (χ4n) is 2.18. The zero-order valence-electron chi connectivity index (χ0n) is 12.2. The molecule has 0 amide bonds. The Morgan fingerprint density at radius 2 is 1.76 bits per heavy atom. The molecule has 112 valence electrons.